The van der Waals surface area contributed by atoms with E-state index in [0.29, 0.717) is 5.02 Å². The lowest BCUT2D eigenvalue weighted by molar-refractivity contribution is 0.125. The molecule has 1 atom stereocenters. The van der Waals surface area contributed by atoms with E-state index in [0.717, 1.165) is 11.1 Å². The summed E-state index contributed by atoms with van der Waals surface area (Å²) in [5.41, 5.74) is 1.52. The molecule has 0 aliphatic rings. The van der Waals surface area contributed by atoms with Gasteiger partial charge in [0, 0.05) is 5.02 Å². The van der Waals surface area contributed by atoms with Crippen LogP contribution in [0.15, 0.2) is 41.1 Å². The Morgan fingerprint density at radius 2 is 2.07 bits per heavy atom. The van der Waals surface area contributed by atoms with Gasteiger partial charge in [-0.15, -0.1) is 0 Å². The summed E-state index contributed by atoms with van der Waals surface area (Å²) in [6.45, 7) is 0. The first-order chi connectivity index (χ1) is 6.77. The molecule has 1 unspecified atom stereocenters. The molecule has 1 radical (unpaired) electrons. The Morgan fingerprint density at radius 1 is 1.21 bits per heavy atom. The van der Waals surface area contributed by atoms with E-state index in [1.165, 1.54) is 11.3 Å². The molecule has 1 aromatic carbocycles. The largest absolute Gasteiger partial charge is 0.223 e. The molecule has 3 heteroatoms. The van der Waals surface area contributed by atoms with E-state index in [9.17, 15) is 5.11 Å². The summed E-state index contributed by atoms with van der Waals surface area (Å²) in [6, 6.07) is 8.95. The first-order valence-electron chi connectivity index (χ1n) is 4.21. The summed E-state index contributed by atoms with van der Waals surface area (Å²) in [7, 11) is 0. The molecule has 0 aliphatic heterocycles. The Morgan fingerprint density at radius 3 is 2.71 bits per heavy atom. The second kappa shape index (κ2) is 4.13. The van der Waals surface area contributed by atoms with Crippen molar-refractivity contribution < 1.29 is 5.11 Å². The molecular formula is C11H8ClOS. The smallest absolute Gasteiger partial charge is 0.144 e. The molecule has 0 aliphatic carbocycles. The predicted octanol–water partition coefficient (Wildman–Crippen LogP) is 3.92. The molecular weight excluding hydrogens is 216 g/mol. The molecule has 0 N–H and O–H groups in total. The summed E-state index contributed by atoms with van der Waals surface area (Å²) >= 11 is 7.35. The Bertz CT molecular complexity index is 411. The van der Waals surface area contributed by atoms with Crippen LogP contribution in [0.4, 0.5) is 0 Å². The fraction of sp³-hybridized carbons (Fsp3) is 0.0909. The number of hydrogen-bond donors (Lipinski definition) is 0. The van der Waals surface area contributed by atoms with Gasteiger partial charge in [-0.1, -0.05) is 23.7 Å². The fourth-order valence-electron chi connectivity index (χ4n) is 1.29. The van der Waals surface area contributed by atoms with Gasteiger partial charge in [-0.25, -0.2) is 5.11 Å². The summed E-state index contributed by atoms with van der Waals surface area (Å²) in [4.78, 5) is 0. The van der Waals surface area contributed by atoms with Gasteiger partial charge < -0.3 is 0 Å². The van der Waals surface area contributed by atoms with Gasteiger partial charge in [0.1, 0.15) is 6.10 Å². The van der Waals surface area contributed by atoms with Crippen molar-refractivity contribution in [2.24, 2.45) is 0 Å². The molecule has 1 aromatic heterocycles. The van der Waals surface area contributed by atoms with Crippen molar-refractivity contribution in [1.82, 2.24) is 0 Å². The maximum atomic E-state index is 11.9. The summed E-state index contributed by atoms with van der Waals surface area (Å²) in [6.07, 6.45) is -0.819. The monoisotopic (exact) mass is 223 g/mol. The minimum Gasteiger partial charge on any atom is -0.223 e. The lowest BCUT2D eigenvalue weighted by Crippen LogP contribution is -1.95. The van der Waals surface area contributed by atoms with Gasteiger partial charge in [0.05, 0.1) is 0 Å². The molecule has 1 heterocycles. The molecule has 0 amide bonds. The van der Waals surface area contributed by atoms with Crippen molar-refractivity contribution in [1.29, 1.82) is 0 Å². The number of thiophene rings is 1. The standard InChI is InChI=1S/C11H8ClOS/c12-10-3-1-2-8(6-10)11(13)9-4-5-14-7-9/h1-7,11H. The van der Waals surface area contributed by atoms with E-state index >= 15 is 0 Å². The molecule has 71 valence electrons. The van der Waals surface area contributed by atoms with Gasteiger partial charge in [-0.3, -0.25) is 0 Å². The van der Waals surface area contributed by atoms with Crippen LogP contribution in [-0.4, -0.2) is 0 Å². The molecule has 2 aromatic rings. The zero-order valence-corrected chi connectivity index (χ0v) is 8.89. The van der Waals surface area contributed by atoms with Crippen LogP contribution in [0, 0.1) is 0 Å². The maximum absolute atomic E-state index is 11.9. The van der Waals surface area contributed by atoms with Crippen LogP contribution in [0.3, 0.4) is 0 Å². The van der Waals surface area contributed by atoms with Gasteiger partial charge in [0.25, 0.3) is 0 Å². The summed E-state index contributed by atoms with van der Waals surface area (Å²) in [5.74, 6) is 0. The van der Waals surface area contributed by atoms with Crippen LogP contribution in [-0.2, 0) is 5.11 Å². The van der Waals surface area contributed by atoms with E-state index in [1.54, 1.807) is 24.3 Å². The third-order valence-corrected chi connectivity index (χ3v) is 2.93. The lowest BCUT2D eigenvalue weighted by atomic mass is 10.0. The van der Waals surface area contributed by atoms with E-state index in [4.69, 9.17) is 11.6 Å². The normalized spacial score (nSPS) is 12.7. The van der Waals surface area contributed by atoms with Crippen molar-refractivity contribution in [2.75, 3.05) is 0 Å². The highest BCUT2D eigenvalue weighted by Gasteiger charge is 2.12. The van der Waals surface area contributed by atoms with E-state index in [-0.39, 0.29) is 0 Å². The Hall–Kier alpha value is -0.830. The average molecular weight is 224 g/mol. The fourth-order valence-corrected chi connectivity index (χ4v) is 2.16. The molecule has 2 rings (SSSR count). The SMILES string of the molecule is [O]C(c1ccsc1)c1cccc(Cl)c1. The van der Waals surface area contributed by atoms with Crippen molar-refractivity contribution >= 4 is 22.9 Å². The molecule has 1 nitrogen and oxygen atoms in total. The van der Waals surface area contributed by atoms with Crippen LogP contribution in [0.1, 0.15) is 17.2 Å². The Balaban J connectivity index is 2.32. The molecule has 0 saturated heterocycles. The van der Waals surface area contributed by atoms with Gasteiger partial charge in [-0.05, 0) is 40.1 Å². The van der Waals surface area contributed by atoms with Crippen LogP contribution < -0.4 is 0 Å². The van der Waals surface area contributed by atoms with Crippen LogP contribution in [0.2, 0.25) is 5.02 Å². The van der Waals surface area contributed by atoms with E-state index in [2.05, 4.69) is 0 Å². The third kappa shape index (κ3) is 1.98. The predicted molar refractivity (Wildman–Crippen MR) is 58.3 cm³/mol. The number of halogens is 1. The first-order valence-corrected chi connectivity index (χ1v) is 5.53. The van der Waals surface area contributed by atoms with E-state index in [1.807, 2.05) is 16.8 Å². The minimum atomic E-state index is -0.819. The Labute approximate surface area is 91.6 Å². The van der Waals surface area contributed by atoms with Gasteiger partial charge in [0.2, 0.25) is 0 Å². The third-order valence-electron chi connectivity index (χ3n) is 2.00. The quantitative estimate of drug-likeness (QED) is 0.736. The van der Waals surface area contributed by atoms with E-state index < -0.39 is 6.10 Å². The molecule has 0 saturated carbocycles. The second-order valence-electron chi connectivity index (χ2n) is 2.99. The summed E-state index contributed by atoms with van der Waals surface area (Å²) in [5, 5.41) is 16.3. The van der Waals surface area contributed by atoms with Crippen molar-refractivity contribution in [3.8, 4) is 0 Å². The summed E-state index contributed by atoms with van der Waals surface area (Å²) < 4.78 is 0. The molecule has 0 fully saturated rings. The van der Waals surface area contributed by atoms with Crippen molar-refractivity contribution in [3.05, 3.63) is 57.2 Å². The van der Waals surface area contributed by atoms with Gasteiger partial charge in [0.15, 0.2) is 0 Å². The highest BCUT2D eigenvalue weighted by atomic mass is 35.5. The average Bonchev–Trinajstić information content (AvgIpc) is 2.69. The van der Waals surface area contributed by atoms with Crippen molar-refractivity contribution in [3.63, 3.8) is 0 Å². The maximum Gasteiger partial charge on any atom is 0.144 e. The minimum absolute atomic E-state index is 0.610. The van der Waals surface area contributed by atoms with Gasteiger partial charge >= 0.3 is 0 Å². The zero-order valence-electron chi connectivity index (χ0n) is 7.31. The Kier molecular flexibility index (Phi) is 2.87. The van der Waals surface area contributed by atoms with Crippen LogP contribution in [0.5, 0.6) is 0 Å². The van der Waals surface area contributed by atoms with Gasteiger partial charge in [-0.2, -0.15) is 11.3 Å². The number of rotatable bonds is 2. The van der Waals surface area contributed by atoms with Crippen molar-refractivity contribution in [2.45, 2.75) is 6.10 Å². The van der Waals surface area contributed by atoms with Crippen LogP contribution in [0.25, 0.3) is 0 Å². The highest BCUT2D eigenvalue weighted by Crippen LogP contribution is 2.26. The lowest BCUT2D eigenvalue weighted by Gasteiger charge is -2.06. The molecule has 14 heavy (non-hydrogen) atoms. The zero-order chi connectivity index (χ0) is 9.97. The second-order valence-corrected chi connectivity index (χ2v) is 4.21. The topological polar surface area (TPSA) is 19.9 Å². The number of hydrogen-bond acceptors (Lipinski definition) is 1. The number of benzene rings is 1. The first kappa shape index (κ1) is 9.71. The molecule has 0 bridgehead atoms. The highest BCUT2D eigenvalue weighted by molar-refractivity contribution is 7.07. The van der Waals surface area contributed by atoms with Crippen LogP contribution >= 0.6 is 22.9 Å². The molecule has 0 spiro atoms.